The smallest absolute Gasteiger partial charge is 0.423 e. The number of esters is 4. The summed E-state index contributed by atoms with van der Waals surface area (Å²) in [4.78, 5) is 51.7. The second-order valence-corrected chi connectivity index (χ2v) is 13.0. The molecule has 0 aliphatic heterocycles. The molecule has 2 aromatic rings. The average molecular weight is 729 g/mol. The van der Waals surface area contributed by atoms with Gasteiger partial charge < -0.3 is 18.9 Å². The highest BCUT2D eigenvalue weighted by molar-refractivity contribution is 6.47. The Morgan fingerprint density at radius 2 is 0.909 bits per heavy atom. The van der Waals surface area contributed by atoms with Gasteiger partial charge in [-0.25, -0.2) is 19.2 Å². The van der Waals surface area contributed by atoms with Crippen LogP contribution >= 0.6 is 69.6 Å². The van der Waals surface area contributed by atoms with Crippen LogP contribution in [0.15, 0.2) is 12.1 Å². The second-order valence-electron chi connectivity index (χ2n) is 10.6. The highest BCUT2D eigenvalue weighted by Crippen LogP contribution is 2.42. The van der Waals surface area contributed by atoms with Gasteiger partial charge in [0.05, 0.1) is 43.3 Å². The minimum absolute atomic E-state index is 0.0920. The Hall–Kier alpha value is -1.94. The van der Waals surface area contributed by atoms with Crippen molar-refractivity contribution in [3.05, 3.63) is 53.4 Å². The first-order valence-corrected chi connectivity index (χ1v) is 16.4. The fourth-order valence-electron chi connectivity index (χ4n) is 5.37. The topological polar surface area (TPSA) is 105 Å². The molecular formula is C30H28Cl6O8. The van der Waals surface area contributed by atoms with Crippen LogP contribution in [0.4, 0.5) is 0 Å². The lowest BCUT2D eigenvalue weighted by atomic mass is 10.1. The third-order valence-corrected chi connectivity index (χ3v) is 9.82. The SMILES string of the molecule is O=C(Oc1c(Cl)cc(Cl)c(Cl)c1C(=O)OCCC1CCCC1)C(=O)Oc1c(Cl)cc(Cl)c(Cl)c1C(=O)OCCC1CCCC1. The minimum Gasteiger partial charge on any atom is -0.462 e. The van der Waals surface area contributed by atoms with Crippen LogP contribution in [0.1, 0.15) is 84.9 Å². The molecule has 0 aromatic heterocycles. The Kier molecular flexibility index (Phi) is 12.7. The van der Waals surface area contributed by atoms with Gasteiger partial charge in [-0.3, -0.25) is 0 Å². The maximum absolute atomic E-state index is 13.0. The number of ether oxygens (including phenoxy) is 4. The maximum Gasteiger partial charge on any atom is 0.423 e. The number of carbonyl (C=O) groups is 4. The maximum atomic E-state index is 13.0. The molecule has 2 fully saturated rings. The molecule has 14 heteroatoms. The van der Waals surface area contributed by atoms with Crippen molar-refractivity contribution in [3.63, 3.8) is 0 Å². The van der Waals surface area contributed by atoms with Gasteiger partial charge in [0.2, 0.25) is 0 Å². The molecule has 2 aromatic carbocycles. The van der Waals surface area contributed by atoms with E-state index in [9.17, 15) is 19.2 Å². The van der Waals surface area contributed by atoms with E-state index in [1.807, 2.05) is 0 Å². The number of carbonyl (C=O) groups excluding carboxylic acids is 4. The van der Waals surface area contributed by atoms with E-state index < -0.39 is 46.5 Å². The lowest BCUT2D eigenvalue weighted by Crippen LogP contribution is -2.27. The second kappa shape index (κ2) is 16.1. The van der Waals surface area contributed by atoms with E-state index in [4.69, 9.17) is 88.6 Å². The van der Waals surface area contributed by atoms with Crippen molar-refractivity contribution < 1.29 is 38.1 Å². The quantitative estimate of drug-likeness (QED) is 0.103. The zero-order valence-electron chi connectivity index (χ0n) is 23.3. The van der Waals surface area contributed by atoms with E-state index in [0.29, 0.717) is 24.7 Å². The first-order chi connectivity index (χ1) is 21.0. The summed E-state index contributed by atoms with van der Waals surface area (Å²) in [6.07, 6.45) is 10.0. The Morgan fingerprint density at radius 3 is 1.25 bits per heavy atom. The highest BCUT2D eigenvalue weighted by atomic mass is 35.5. The molecular weight excluding hydrogens is 701 g/mol. The lowest BCUT2D eigenvalue weighted by molar-refractivity contribution is -0.156. The summed E-state index contributed by atoms with van der Waals surface area (Å²) < 4.78 is 21.0. The van der Waals surface area contributed by atoms with E-state index in [0.717, 1.165) is 63.5 Å². The minimum atomic E-state index is -1.63. The van der Waals surface area contributed by atoms with Gasteiger partial charge in [-0.2, -0.15) is 0 Å². The molecule has 2 saturated carbocycles. The van der Waals surface area contributed by atoms with E-state index >= 15 is 0 Å². The number of halogens is 6. The summed E-state index contributed by atoms with van der Waals surface area (Å²) in [7, 11) is 0. The van der Waals surface area contributed by atoms with Crippen LogP contribution in [0.25, 0.3) is 0 Å². The Labute approximate surface area is 284 Å². The zero-order valence-corrected chi connectivity index (χ0v) is 27.9. The number of hydrogen-bond donors (Lipinski definition) is 0. The van der Waals surface area contributed by atoms with Gasteiger partial charge in [0.15, 0.2) is 11.5 Å². The summed E-state index contributed by atoms with van der Waals surface area (Å²) >= 11 is 37.2. The fourth-order valence-corrected chi connectivity index (χ4v) is 6.81. The van der Waals surface area contributed by atoms with Crippen molar-refractivity contribution in [1.29, 1.82) is 0 Å². The molecule has 0 atom stereocenters. The third kappa shape index (κ3) is 8.65. The molecule has 0 heterocycles. The van der Waals surface area contributed by atoms with Gasteiger partial charge in [-0.05, 0) is 36.8 Å². The van der Waals surface area contributed by atoms with Gasteiger partial charge in [0.1, 0.15) is 11.1 Å². The van der Waals surface area contributed by atoms with E-state index in [2.05, 4.69) is 0 Å². The summed E-state index contributed by atoms with van der Waals surface area (Å²) in [6, 6.07) is 2.26. The van der Waals surface area contributed by atoms with Crippen molar-refractivity contribution >= 4 is 93.5 Å². The van der Waals surface area contributed by atoms with Crippen molar-refractivity contribution in [2.45, 2.75) is 64.2 Å². The van der Waals surface area contributed by atoms with E-state index in [-0.39, 0.29) is 43.3 Å². The van der Waals surface area contributed by atoms with E-state index in [1.54, 1.807) is 0 Å². The van der Waals surface area contributed by atoms with Crippen molar-refractivity contribution in [2.24, 2.45) is 11.8 Å². The third-order valence-electron chi connectivity index (χ3n) is 7.69. The van der Waals surface area contributed by atoms with Crippen LogP contribution in [0.5, 0.6) is 11.5 Å². The summed E-state index contributed by atoms with van der Waals surface area (Å²) in [5.41, 5.74) is -0.897. The van der Waals surface area contributed by atoms with Gasteiger partial charge >= 0.3 is 23.9 Å². The molecule has 0 bridgehead atoms. The molecule has 44 heavy (non-hydrogen) atoms. The van der Waals surface area contributed by atoms with Crippen LogP contribution in [-0.4, -0.2) is 37.1 Å². The van der Waals surface area contributed by atoms with Gasteiger partial charge in [0, 0.05) is 0 Å². The molecule has 2 aliphatic carbocycles. The summed E-state index contributed by atoms with van der Waals surface area (Å²) in [5, 5.41) is -1.42. The van der Waals surface area contributed by atoms with Crippen LogP contribution in [0, 0.1) is 11.8 Å². The predicted molar refractivity (Wildman–Crippen MR) is 168 cm³/mol. The van der Waals surface area contributed by atoms with Crippen LogP contribution in [0.3, 0.4) is 0 Å². The standard InChI is InChI=1S/C30H28Cl6O8/c31-17-13-19(33)25(21(23(17)35)27(37)41-11-9-15-5-1-2-6-15)43-29(39)30(40)44-26-20(34)14-18(32)24(36)22(26)28(38)42-12-10-16-7-3-4-8-16/h13-16H,1-12H2. The molecule has 8 nitrogen and oxygen atoms in total. The molecule has 0 unspecified atom stereocenters. The van der Waals surface area contributed by atoms with Gasteiger partial charge in [-0.1, -0.05) is 121 Å². The Morgan fingerprint density at radius 1 is 0.568 bits per heavy atom. The Bertz CT molecular complexity index is 1330. The van der Waals surface area contributed by atoms with Crippen molar-refractivity contribution in [2.75, 3.05) is 13.2 Å². The fraction of sp³-hybridized carbons (Fsp3) is 0.467. The van der Waals surface area contributed by atoms with Gasteiger partial charge in [-0.15, -0.1) is 0 Å². The predicted octanol–water partition coefficient (Wildman–Crippen LogP) is 9.59. The molecule has 0 saturated heterocycles. The van der Waals surface area contributed by atoms with E-state index in [1.165, 1.54) is 0 Å². The molecule has 0 amide bonds. The van der Waals surface area contributed by atoms with Crippen LogP contribution in [-0.2, 0) is 19.1 Å². The Balaban J connectivity index is 1.50. The lowest BCUT2D eigenvalue weighted by Gasteiger charge is -2.16. The average Bonchev–Trinajstić information content (AvgIpc) is 3.69. The zero-order chi connectivity index (χ0) is 32.0. The van der Waals surface area contributed by atoms with Crippen molar-refractivity contribution in [1.82, 2.24) is 0 Å². The monoisotopic (exact) mass is 726 g/mol. The molecule has 4 rings (SSSR count). The first kappa shape index (κ1) is 34.9. The molecule has 0 radical (unpaired) electrons. The number of benzene rings is 2. The molecule has 0 N–H and O–H groups in total. The number of hydrogen-bond acceptors (Lipinski definition) is 8. The van der Waals surface area contributed by atoms with Crippen LogP contribution < -0.4 is 9.47 Å². The van der Waals surface area contributed by atoms with Crippen molar-refractivity contribution in [3.8, 4) is 11.5 Å². The molecule has 2 aliphatic rings. The highest BCUT2D eigenvalue weighted by Gasteiger charge is 2.32. The molecule has 238 valence electrons. The largest absolute Gasteiger partial charge is 0.462 e. The summed E-state index contributed by atoms with van der Waals surface area (Å²) in [5.74, 6) is -5.43. The normalized spacial score (nSPS) is 15.3. The molecule has 0 spiro atoms. The number of rotatable bonds is 10. The summed E-state index contributed by atoms with van der Waals surface area (Å²) in [6.45, 7) is 0.184. The van der Waals surface area contributed by atoms with Crippen LogP contribution in [0.2, 0.25) is 30.1 Å². The van der Waals surface area contributed by atoms with Gasteiger partial charge in [0.25, 0.3) is 0 Å². The first-order valence-electron chi connectivity index (χ1n) is 14.1.